The van der Waals surface area contributed by atoms with Crippen LogP contribution in [0.3, 0.4) is 0 Å². The third kappa shape index (κ3) is 3.71. The number of hydrogen-bond donors (Lipinski definition) is 2. The summed E-state index contributed by atoms with van der Waals surface area (Å²) in [6.45, 7) is 4.10. The fourth-order valence-corrected chi connectivity index (χ4v) is 4.97. The molecule has 1 saturated heterocycles. The maximum absolute atomic E-state index is 5.34. The number of H-pyrrole nitrogens is 1. The molecule has 9 heteroatoms. The van der Waals surface area contributed by atoms with Crippen LogP contribution in [0.25, 0.3) is 16.6 Å². The number of aryl methyl sites for hydroxylation is 1. The molecule has 33 heavy (non-hydrogen) atoms. The van der Waals surface area contributed by atoms with Crippen LogP contribution in [0.5, 0.6) is 0 Å². The molecule has 172 valence electrons. The Balaban J connectivity index is 1.41. The number of hydrogen-bond acceptors (Lipinski definition) is 6. The van der Waals surface area contributed by atoms with Gasteiger partial charge in [0.2, 0.25) is 5.95 Å². The van der Waals surface area contributed by atoms with E-state index in [2.05, 4.69) is 56.3 Å². The topological polar surface area (TPSA) is 94.3 Å². The summed E-state index contributed by atoms with van der Waals surface area (Å²) < 4.78 is 14.7. The van der Waals surface area contributed by atoms with Gasteiger partial charge >= 0.3 is 0 Å². The molecule has 6 rings (SSSR count). The first-order valence-corrected chi connectivity index (χ1v) is 11.6. The highest BCUT2D eigenvalue weighted by Crippen LogP contribution is 2.37. The van der Waals surface area contributed by atoms with Crippen molar-refractivity contribution in [2.75, 3.05) is 32.2 Å². The highest BCUT2D eigenvalue weighted by Gasteiger charge is 2.27. The van der Waals surface area contributed by atoms with E-state index in [0.29, 0.717) is 24.5 Å². The van der Waals surface area contributed by atoms with Crippen LogP contribution in [0, 0.1) is 0 Å². The van der Waals surface area contributed by atoms with Gasteiger partial charge in [-0.25, -0.2) is 9.50 Å². The minimum atomic E-state index is 0.117. The molecular weight excluding hydrogens is 418 g/mol. The molecule has 0 radical (unpaired) electrons. The summed E-state index contributed by atoms with van der Waals surface area (Å²) in [5.74, 6) is 1.000. The third-order valence-corrected chi connectivity index (χ3v) is 6.80. The number of ether oxygens (including phenoxy) is 2. The van der Waals surface area contributed by atoms with Gasteiger partial charge in [0.15, 0.2) is 0 Å². The van der Waals surface area contributed by atoms with Crippen molar-refractivity contribution in [1.29, 1.82) is 0 Å². The molecule has 1 aliphatic heterocycles. The first-order chi connectivity index (χ1) is 16.2. The summed E-state index contributed by atoms with van der Waals surface area (Å²) in [4.78, 5) is 8.01. The van der Waals surface area contributed by atoms with Gasteiger partial charge in [-0.15, -0.1) is 5.10 Å². The molecule has 4 aromatic rings. The van der Waals surface area contributed by atoms with Gasteiger partial charge in [-0.1, -0.05) is 0 Å². The van der Waals surface area contributed by atoms with E-state index in [0.717, 1.165) is 49.1 Å². The lowest BCUT2D eigenvalue weighted by molar-refractivity contribution is -0.0286. The van der Waals surface area contributed by atoms with Crippen LogP contribution in [-0.4, -0.2) is 62.3 Å². The van der Waals surface area contributed by atoms with E-state index in [9.17, 15) is 0 Å². The molecule has 2 atom stereocenters. The standard InChI is InChI=1S/C24H29N7O2/c1-15(12-32-2)28-24-26-10-23-20(18-9-27-30(11-18)19-13-33-14-19)8-22(31(23)29-24)17-3-4-21-16(7-17)5-6-25-21/h5-6,8-11,15,17,19,25H,3-4,7,12-14H2,1-2H3,(H,28,29)/t15-,17-/m0/s1. The minimum absolute atomic E-state index is 0.117. The van der Waals surface area contributed by atoms with Gasteiger partial charge in [-0.2, -0.15) is 5.10 Å². The Labute approximate surface area is 192 Å². The van der Waals surface area contributed by atoms with Crippen LogP contribution in [-0.2, 0) is 22.3 Å². The Morgan fingerprint density at radius 3 is 3.06 bits per heavy atom. The second-order valence-electron chi connectivity index (χ2n) is 9.18. The largest absolute Gasteiger partial charge is 0.383 e. The van der Waals surface area contributed by atoms with Crippen LogP contribution < -0.4 is 5.32 Å². The minimum Gasteiger partial charge on any atom is -0.383 e. The molecule has 4 aromatic heterocycles. The number of anilines is 1. The number of fused-ring (bicyclic) bond motifs is 2. The normalized spacial score (nSPS) is 19.4. The van der Waals surface area contributed by atoms with Crippen molar-refractivity contribution in [2.45, 2.75) is 44.2 Å². The molecule has 0 amide bonds. The Morgan fingerprint density at radius 1 is 1.33 bits per heavy atom. The van der Waals surface area contributed by atoms with Crippen molar-refractivity contribution < 1.29 is 9.47 Å². The van der Waals surface area contributed by atoms with Crippen LogP contribution in [0.15, 0.2) is 36.9 Å². The van der Waals surface area contributed by atoms with Gasteiger partial charge in [-0.05, 0) is 43.9 Å². The van der Waals surface area contributed by atoms with Crippen LogP contribution in [0.2, 0.25) is 0 Å². The van der Waals surface area contributed by atoms with Gasteiger partial charge < -0.3 is 19.8 Å². The zero-order chi connectivity index (χ0) is 22.4. The second-order valence-corrected chi connectivity index (χ2v) is 9.18. The van der Waals surface area contributed by atoms with Crippen LogP contribution in [0.4, 0.5) is 5.95 Å². The Hall–Kier alpha value is -3.17. The predicted molar refractivity (Wildman–Crippen MR) is 125 cm³/mol. The lowest BCUT2D eigenvalue weighted by atomic mass is 9.85. The van der Waals surface area contributed by atoms with Gasteiger partial charge in [0.1, 0.15) is 0 Å². The number of aromatic amines is 1. The maximum atomic E-state index is 5.34. The van der Waals surface area contributed by atoms with E-state index < -0.39 is 0 Å². The van der Waals surface area contributed by atoms with Crippen molar-refractivity contribution in [3.63, 3.8) is 0 Å². The van der Waals surface area contributed by atoms with E-state index >= 15 is 0 Å². The summed E-state index contributed by atoms with van der Waals surface area (Å²) in [5.41, 5.74) is 7.19. The molecular formula is C24H29N7O2. The lowest BCUT2D eigenvalue weighted by Gasteiger charge is -2.25. The quantitative estimate of drug-likeness (QED) is 0.452. The van der Waals surface area contributed by atoms with Crippen molar-refractivity contribution in [3.05, 3.63) is 53.9 Å². The average molecular weight is 448 g/mol. The summed E-state index contributed by atoms with van der Waals surface area (Å²) in [7, 11) is 1.70. The lowest BCUT2D eigenvalue weighted by Crippen LogP contribution is -2.30. The highest BCUT2D eigenvalue weighted by molar-refractivity contribution is 5.81. The summed E-state index contributed by atoms with van der Waals surface area (Å²) in [6.07, 6.45) is 11.2. The molecule has 2 aliphatic rings. The fourth-order valence-electron chi connectivity index (χ4n) is 4.97. The van der Waals surface area contributed by atoms with Crippen molar-refractivity contribution >= 4 is 11.5 Å². The molecule has 0 bridgehead atoms. The molecule has 0 spiro atoms. The molecule has 0 aromatic carbocycles. The maximum Gasteiger partial charge on any atom is 0.241 e. The van der Waals surface area contributed by atoms with Gasteiger partial charge in [0.05, 0.1) is 43.8 Å². The third-order valence-electron chi connectivity index (χ3n) is 6.80. The average Bonchev–Trinajstić information content (AvgIpc) is 3.50. The molecule has 2 N–H and O–H groups in total. The number of nitrogens with one attached hydrogen (secondary N) is 2. The van der Waals surface area contributed by atoms with Gasteiger partial charge in [-0.3, -0.25) is 4.68 Å². The summed E-state index contributed by atoms with van der Waals surface area (Å²) in [5, 5.41) is 12.9. The van der Waals surface area contributed by atoms with Gasteiger partial charge in [0, 0.05) is 54.0 Å². The Morgan fingerprint density at radius 2 is 2.24 bits per heavy atom. The number of methoxy groups -OCH3 is 1. The number of nitrogens with zero attached hydrogens (tertiary/aromatic N) is 5. The van der Waals surface area contributed by atoms with E-state index in [1.807, 2.05) is 17.1 Å². The second kappa shape index (κ2) is 8.31. The van der Waals surface area contributed by atoms with E-state index in [1.54, 1.807) is 7.11 Å². The summed E-state index contributed by atoms with van der Waals surface area (Å²) >= 11 is 0. The van der Waals surface area contributed by atoms with Crippen LogP contribution in [0.1, 0.15) is 42.3 Å². The van der Waals surface area contributed by atoms with E-state index in [4.69, 9.17) is 14.6 Å². The molecule has 0 unspecified atom stereocenters. The molecule has 1 fully saturated rings. The Bertz CT molecular complexity index is 1270. The predicted octanol–water partition coefficient (Wildman–Crippen LogP) is 3.21. The number of aromatic nitrogens is 6. The first kappa shape index (κ1) is 20.4. The number of rotatable bonds is 7. The SMILES string of the molecule is COC[C@H](C)Nc1ncc2c(-c3cnn(C4COC4)c3)cc([C@H]3CCc4[nH]ccc4C3)n2n1. The molecule has 0 saturated carbocycles. The smallest absolute Gasteiger partial charge is 0.241 e. The molecule has 9 nitrogen and oxygen atoms in total. The first-order valence-electron chi connectivity index (χ1n) is 11.6. The zero-order valence-electron chi connectivity index (χ0n) is 19.0. The monoisotopic (exact) mass is 447 g/mol. The van der Waals surface area contributed by atoms with Gasteiger partial charge in [0.25, 0.3) is 0 Å². The van der Waals surface area contributed by atoms with Crippen molar-refractivity contribution in [1.82, 2.24) is 29.4 Å². The van der Waals surface area contributed by atoms with Crippen LogP contribution >= 0.6 is 0 Å². The highest BCUT2D eigenvalue weighted by atomic mass is 16.5. The summed E-state index contributed by atoms with van der Waals surface area (Å²) in [6, 6.07) is 4.93. The van der Waals surface area contributed by atoms with E-state index in [1.165, 1.54) is 17.0 Å². The van der Waals surface area contributed by atoms with Crippen molar-refractivity contribution in [3.8, 4) is 11.1 Å². The molecule has 1 aliphatic carbocycles. The van der Waals surface area contributed by atoms with E-state index in [-0.39, 0.29) is 6.04 Å². The zero-order valence-corrected chi connectivity index (χ0v) is 19.0. The van der Waals surface area contributed by atoms with Crippen molar-refractivity contribution in [2.24, 2.45) is 0 Å². The molecule has 5 heterocycles. The Kier molecular flexibility index (Phi) is 5.15. The fraction of sp³-hybridized carbons (Fsp3) is 0.458.